The van der Waals surface area contributed by atoms with Gasteiger partial charge in [0.05, 0.1) is 5.69 Å². The van der Waals surface area contributed by atoms with E-state index in [1.807, 2.05) is 0 Å². The highest BCUT2D eigenvalue weighted by molar-refractivity contribution is 6.00. The highest BCUT2D eigenvalue weighted by Gasteiger charge is 2.17. The van der Waals surface area contributed by atoms with E-state index in [0.29, 0.717) is 0 Å². The summed E-state index contributed by atoms with van der Waals surface area (Å²) in [5.41, 5.74) is 10.7. The first kappa shape index (κ1) is 26.7. The number of fused-ring (bicyclic) bond motifs is 2. The zero-order valence-corrected chi connectivity index (χ0v) is 24.8. The molecule has 0 atom stereocenters. The summed E-state index contributed by atoms with van der Waals surface area (Å²) < 4.78 is 0. The number of anilines is 3. The Morgan fingerprint density at radius 2 is 0.800 bits per heavy atom. The first-order valence-electron chi connectivity index (χ1n) is 15.4. The van der Waals surface area contributed by atoms with E-state index < -0.39 is 0 Å². The van der Waals surface area contributed by atoms with Crippen molar-refractivity contribution in [2.24, 2.45) is 0 Å². The molecule has 8 rings (SSSR count). The van der Waals surface area contributed by atoms with Crippen LogP contribution in [0.15, 0.2) is 188 Å². The van der Waals surface area contributed by atoms with Crippen molar-refractivity contribution in [1.82, 2.24) is 0 Å². The third kappa shape index (κ3) is 5.15. The molecule has 1 nitrogen and oxygen atoms in total. The van der Waals surface area contributed by atoms with Gasteiger partial charge < -0.3 is 4.90 Å². The second kappa shape index (κ2) is 11.6. The topological polar surface area (TPSA) is 3.24 Å². The van der Waals surface area contributed by atoms with E-state index in [9.17, 15) is 0 Å². The van der Waals surface area contributed by atoms with Crippen molar-refractivity contribution in [1.29, 1.82) is 0 Å². The van der Waals surface area contributed by atoms with Crippen molar-refractivity contribution in [2.45, 2.75) is 0 Å². The highest BCUT2D eigenvalue weighted by Crippen LogP contribution is 2.42. The quantitative estimate of drug-likeness (QED) is 0.191. The molecule has 1 heteroatoms. The van der Waals surface area contributed by atoms with Gasteiger partial charge in [-0.25, -0.2) is 0 Å². The molecule has 0 radical (unpaired) electrons. The summed E-state index contributed by atoms with van der Waals surface area (Å²) >= 11 is 0. The Hall–Kier alpha value is -5.92. The van der Waals surface area contributed by atoms with Gasteiger partial charge in [-0.15, -0.1) is 0 Å². The number of hydrogen-bond donors (Lipinski definition) is 0. The lowest BCUT2D eigenvalue weighted by molar-refractivity contribution is 1.30. The summed E-state index contributed by atoms with van der Waals surface area (Å²) in [5, 5.41) is 4.93. The van der Waals surface area contributed by atoms with Crippen LogP contribution in [0.3, 0.4) is 0 Å². The molecular formula is C44H31N. The van der Waals surface area contributed by atoms with Gasteiger partial charge in [-0.1, -0.05) is 146 Å². The van der Waals surface area contributed by atoms with Gasteiger partial charge in [0.25, 0.3) is 0 Å². The Morgan fingerprint density at radius 3 is 1.49 bits per heavy atom. The van der Waals surface area contributed by atoms with Gasteiger partial charge in [0.2, 0.25) is 0 Å². The van der Waals surface area contributed by atoms with Gasteiger partial charge in [-0.2, -0.15) is 0 Å². The van der Waals surface area contributed by atoms with Crippen LogP contribution in [0.5, 0.6) is 0 Å². The Labute approximate surface area is 264 Å². The molecular weight excluding hydrogens is 542 g/mol. The molecule has 45 heavy (non-hydrogen) atoms. The highest BCUT2D eigenvalue weighted by atomic mass is 15.1. The second-order valence-corrected chi connectivity index (χ2v) is 11.4. The molecule has 0 aliphatic heterocycles. The predicted octanol–water partition coefficient (Wildman–Crippen LogP) is 12.5. The van der Waals surface area contributed by atoms with Crippen molar-refractivity contribution in [3.63, 3.8) is 0 Å². The Balaban J connectivity index is 1.29. The molecule has 0 aliphatic carbocycles. The normalized spacial score (nSPS) is 11.1. The van der Waals surface area contributed by atoms with E-state index in [-0.39, 0.29) is 0 Å². The van der Waals surface area contributed by atoms with E-state index in [4.69, 9.17) is 0 Å². The summed E-state index contributed by atoms with van der Waals surface area (Å²) in [6, 6.07) is 67.7. The van der Waals surface area contributed by atoms with Gasteiger partial charge in [-0.3, -0.25) is 0 Å². The molecule has 0 N–H and O–H groups in total. The molecule has 212 valence electrons. The SMILES string of the molecule is c1ccc(-c2cccc(N(c3ccc(-c4cc5ccccc5cc4-c4ccccc4)cc3)c3cccc4ccccc34)c2)cc1. The molecule has 8 aromatic carbocycles. The van der Waals surface area contributed by atoms with Crippen molar-refractivity contribution in [3.8, 4) is 33.4 Å². The van der Waals surface area contributed by atoms with Crippen LogP contribution in [0.4, 0.5) is 17.1 Å². The Bertz CT molecular complexity index is 2250. The molecule has 0 bridgehead atoms. The fourth-order valence-electron chi connectivity index (χ4n) is 6.41. The van der Waals surface area contributed by atoms with Crippen LogP contribution >= 0.6 is 0 Å². The number of hydrogen-bond acceptors (Lipinski definition) is 1. The second-order valence-electron chi connectivity index (χ2n) is 11.4. The standard InChI is InChI=1S/C44H31N/c1-3-13-32(14-4-1)36-21-11-22-40(29-36)45(44-24-12-20-33-17-9-10-23-41(33)44)39-27-25-35(26-28-39)43-31-38-19-8-7-18-37(38)30-42(43)34-15-5-2-6-16-34/h1-31H. The fraction of sp³-hybridized carbons (Fsp3) is 0. The lowest BCUT2D eigenvalue weighted by atomic mass is 9.91. The first-order chi connectivity index (χ1) is 22.3. The third-order valence-corrected chi connectivity index (χ3v) is 8.63. The Kier molecular flexibility index (Phi) is 6.90. The molecule has 0 heterocycles. The van der Waals surface area contributed by atoms with E-state index in [1.54, 1.807) is 0 Å². The van der Waals surface area contributed by atoms with Crippen LogP contribution in [-0.4, -0.2) is 0 Å². The van der Waals surface area contributed by atoms with Crippen LogP contribution in [0.2, 0.25) is 0 Å². The van der Waals surface area contributed by atoms with Crippen LogP contribution < -0.4 is 4.90 Å². The van der Waals surface area contributed by atoms with Gasteiger partial charge in [0.15, 0.2) is 0 Å². The molecule has 8 aromatic rings. The lowest BCUT2D eigenvalue weighted by Crippen LogP contribution is -2.10. The molecule has 0 unspecified atom stereocenters. The summed E-state index contributed by atoms with van der Waals surface area (Å²) in [5.74, 6) is 0. The van der Waals surface area contributed by atoms with Gasteiger partial charge in [-0.05, 0) is 92.0 Å². The monoisotopic (exact) mass is 573 g/mol. The maximum absolute atomic E-state index is 2.39. The molecule has 0 aliphatic rings. The zero-order chi connectivity index (χ0) is 30.0. The average Bonchev–Trinajstić information content (AvgIpc) is 3.12. The Morgan fingerprint density at radius 1 is 0.289 bits per heavy atom. The lowest BCUT2D eigenvalue weighted by Gasteiger charge is -2.27. The van der Waals surface area contributed by atoms with Crippen LogP contribution in [-0.2, 0) is 0 Å². The van der Waals surface area contributed by atoms with Crippen molar-refractivity contribution in [2.75, 3.05) is 4.90 Å². The molecule has 0 fully saturated rings. The minimum absolute atomic E-state index is 1.11. The van der Waals surface area contributed by atoms with E-state index in [2.05, 4.69) is 193 Å². The molecule has 0 aromatic heterocycles. The number of rotatable bonds is 6. The fourth-order valence-corrected chi connectivity index (χ4v) is 6.41. The zero-order valence-electron chi connectivity index (χ0n) is 24.8. The summed E-state index contributed by atoms with van der Waals surface area (Å²) in [7, 11) is 0. The molecule has 0 saturated carbocycles. The van der Waals surface area contributed by atoms with Crippen LogP contribution in [0.25, 0.3) is 54.9 Å². The average molecular weight is 574 g/mol. The summed E-state index contributed by atoms with van der Waals surface area (Å²) in [6.07, 6.45) is 0. The van der Waals surface area contributed by atoms with Crippen LogP contribution in [0, 0.1) is 0 Å². The smallest absolute Gasteiger partial charge is 0.0540 e. The number of nitrogens with zero attached hydrogens (tertiary/aromatic N) is 1. The van der Waals surface area contributed by atoms with Gasteiger partial charge >= 0.3 is 0 Å². The summed E-state index contributed by atoms with van der Waals surface area (Å²) in [6.45, 7) is 0. The van der Waals surface area contributed by atoms with E-state index >= 15 is 0 Å². The van der Waals surface area contributed by atoms with E-state index in [1.165, 1.54) is 54.9 Å². The van der Waals surface area contributed by atoms with Gasteiger partial charge in [0.1, 0.15) is 0 Å². The predicted molar refractivity (Wildman–Crippen MR) is 192 cm³/mol. The van der Waals surface area contributed by atoms with Crippen LogP contribution in [0.1, 0.15) is 0 Å². The maximum atomic E-state index is 2.39. The minimum atomic E-state index is 1.11. The maximum Gasteiger partial charge on any atom is 0.0540 e. The van der Waals surface area contributed by atoms with Gasteiger partial charge in [0, 0.05) is 16.8 Å². The van der Waals surface area contributed by atoms with Crippen molar-refractivity contribution < 1.29 is 0 Å². The van der Waals surface area contributed by atoms with Crippen molar-refractivity contribution in [3.05, 3.63) is 188 Å². The minimum Gasteiger partial charge on any atom is -0.310 e. The summed E-state index contributed by atoms with van der Waals surface area (Å²) in [4.78, 5) is 2.39. The molecule has 0 saturated heterocycles. The van der Waals surface area contributed by atoms with Crippen molar-refractivity contribution >= 4 is 38.6 Å². The molecule has 0 amide bonds. The largest absolute Gasteiger partial charge is 0.310 e. The molecule has 0 spiro atoms. The van der Waals surface area contributed by atoms with E-state index in [0.717, 1.165) is 17.1 Å². The number of benzene rings is 8. The first-order valence-corrected chi connectivity index (χ1v) is 15.4. The third-order valence-electron chi connectivity index (χ3n) is 8.63.